The molecule has 27 heavy (non-hydrogen) atoms. The average molecular weight is 387 g/mol. The monoisotopic (exact) mass is 386 g/mol. The highest BCUT2D eigenvalue weighted by atomic mass is 35.5. The lowest BCUT2D eigenvalue weighted by atomic mass is 9.90. The van der Waals surface area contributed by atoms with Crippen molar-refractivity contribution >= 4 is 29.6 Å². The van der Waals surface area contributed by atoms with E-state index < -0.39 is 0 Å². The predicted octanol–water partition coefficient (Wildman–Crippen LogP) is 3.20. The van der Waals surface area contributed by atoms with Crippen LogP contribution < -0.4 is 5.43 Å². The van der Waals surface area contributed by atoms with E-state index in [1.54, 1.807) is 24.3 Å². The molecule has 1 fully saturated rings. The van der Waals surface area contributed by atoms with Crippen molar-refractivity contribution in [2.24, 2.45) is 0 Å². The molecule has 7 heteroatoms. The number of hydrogen-bond donors (Lipinski definition) is 1. The molecule has 0 bridgehead atoms. The molecule has 1 saturated heterocycles. The van der Waals surface area contributed by atoms with E-state index in [2.05, 4.69) is 5.43 Å². The van der Waals surface area contributed by atoms with Crippen molar-refractivity contribution in [3.63, 3.8) is 0 Å². The van der Waals surface area contributed by atoms with Gasteiger partial charge in [-0.2, -0.15) is 9.59 Å². The van der Waals surface area contributed by atoms with Gasteiger partial charge in [-0.3, -0.25) is 20.0 Å². The van der Waals surface area contributed by atoms with Crippen LogP contribution in [0.25, 0.3) is 0 Å². The van der Waals surface area contributed by atoms with Crippen molar-refractivity contribution in [2.45, 2.75) is 31.7 Å². The maximum Gasteiger partial charge on any atom is 0.373 e. The highest BCUT2D eigenvalue weighted by Gasteiger charge is 2.40. The van der Waals surface area contributed by atoms with Gasteiger partial charge in [-0.25, -0.2) is 0 Å². The van der Waals surface area contributed by atoms with Crippen molar-refractivity contribution in [2.75, 3.05) is 0 Å². The van der Waals surface area contributed by atoms with E-state index in [-0.39, 0.29) is 29.9 Å². The Morgan fingerprint density at radius 1 is 1.15 bits per heavy atom. The van der Waals surface area contributed by atoms with Crippen molar-refractivity contribution in [3.05, 3.63) is 70.7 Å². The minimum atomic E-state index is -0.299. The minimum absolute atomic E-state index is 0.0452. The lowest BCUT2D eigenvalue weighted by Crippen LogP contribution is -2.48. The molecule has 1 aliphatic heterocycles. The number of nitrogens with zero attached hydrogens (tertiary/aromatic N) is 1. The summed E-state index contributed by atoms with van der Waals surface area (Å²) < 4.78 is 0. The maximum atomic E-state index is 12.4. The molecule has 1 aliphatic rings. The first-order valence-corrected chi connectivity index (χ1v) is 8.82. The van der Waals surface area contributed by atoms with Crippen LogP contribution in [0.1, 0.15) is 41.6 Å². The standard InChI is InChI=1S/C19H19ClN2O2.CO2/c1-2-17-16(13-6-4-3-5-7-13)12-18(23)22(17)21-19(24)14-8-10-15(20)11-9-14;2-1-3/h3-11,16-17H,2,12H2,1H3,(H,21,24);/t16-,17-;/m0./s1. The fraction of sp³-hybridized carbons (Fsp3) is 0.250. The number of hydrazine groups is 1. The first-order valence-electron chi connectivity index (χ1n) is 8.44. The van der Waals surface area contributed by atoms with Gasteiger partial charge in [-0.15, -0.1) is 0 Å². The first-order chi connectivity index (χ1) is 13.0. The molecule has 0 spiro atoms. The number of carbonyl (C=O) groups is 2. The van der Waals surface area contributed by atoms with Crippen molar-refractivity contribution in [1.82, 2.24) is 10.4 Å². The van der Waals surface area contributed by atoms with Gasteiger partial charge in [0.25, 0.3) is 5.91 Å². The molecule has 2 aromatic carbocycles. The number of amides is 2. The van der Waals surface area contributed by atoms with Crippen LogP contribution in [0.4, 0.5) is 0 Å². The molecule has 0 aliphatic carbocycles. The van der Waals surface area contributed by atoms with E-state index in [0.29, 0.717) is 17.0 Å². The second-order valence-corrected chi connectivity index (χ2v) is 6.43. The third kappa shape index (κ3) is 5.03. The van der Waals surface area contributed by atoms with Crippen LogP contribution in [0.3, 0.4) is 0 Å². The summed E-state index contributed by atoms with van der Waals surface area (Å²) in [5, 5.41) is 2.06. The topological polar surface area (TPSA) is 83.6 Å². The molecule has 0 saturated carbocycles. The van der Waals surface area contributed by atoms with E-state index in [0.717, 1.165) is 12.0 Å². The Labute approximate surface area is 162 Å². The summed E-state index contributed by atoms with van der Waals surface area (Å²) >= 11 is 5.85. The third-order valence-corrected chi connectivity index (χ3v) is 4.69. The van der Waals surface area contributed by atoms with Crippen LogP contribution in [0.15, 0.2) is 54.6 Å². The molecule has 0 unspecified atom stereocenters. The van der Waals surface area contributed by atoms with Gasteiger partial charge in [0.2, 0.25) is 5.91 Å². The zero-order valence-corrected chi connectivity index (χ0v) is 15.5. The van der Waals surface area contributed by atoms with Gasteiger partial charge in [-0.1, -0.05) is 48.9 Å². The zero-order valence-electron chi connectivity index (χ0n) is 14.7. The number of benzene rings is 2. The van der Waals surface area contributed by atoms with Gasteiger partial charge in [0.1, 0.15) is 0 Å². The van der Waals surface area contributed by atoms with Crippen LogP contribution in [-0.4, -0.2) is 29.0 Å². The zero-order chi connectivity index (χ0) is 19.8. The van der Waals surface area contributed by atoms with Crippen molar-refractivity contribution in [1.29, 1.82) is 0 Å². The smallest absolute Gasteiger partial charge is 0.273 e. The molecule has 2 aromatic rings. The molecule has 2 amide bonds. The summed E-state index contributed by atoms with van der Waals surface area (Å²) in [5.74, 6) is -0.264. The normalized spacial score (nSPS) is 18.3. The summed E-state index contributed by atoms with van der Waals surface area (Å²) in [6.45, 7) is 2.03. The van der Waals surface area contributed by atoms with Gasteiger partial charge >= 0.3 is 6.15 Å². The second-order valence-electron chi connectivity index (χ2n) is 5.99. The van der Waals surface area contributed by atoms with Crippen LogP contribution in [0, 0.1) is 0 Å². The molecule has 140 valence electrons. The van der Waals surface area contributed by atoms with E-state index in [1.165, 1.54) is 5.01 Å². The maximum absolute atomic E-state index is 12.4. The Kier molecular flexibility index (Phi) is 7.29. The molecule has 6 nitrogen and oxygen atoms in total. The van der Waals surface area contributed by atoms with Gasteiger partial charge in [0, 0.05) is 22.9 Å². The fourth-order valence-electron chi connectivity index (χ4n) is 3.22. The quantitative estimate of drug-likeness (QED) is 0.874. The molecule has 3 rings (SSSR count). The lowest BCUT2D eigenvalue weighted by molar-refractivity contribution is -0.191. The number of nitrogens with one attached hydrogen (secondary N) is 1. The van der Waals surface area contributed by atoms with E-state index >= 15 is 0 Å². The fourth-order valence-corrected chi connectivity index (χ4v) is 3.34. The van der Waals surface area contributed by atoms with Gasteiger partial charge < -0.3 is 0 Å². The molecule has 0 aromatic heterocycles. The first kappa shape index (κ1) is 20.4. The Bertz CT molecular complexity index is 818. The minimum Gasteiger partial charge on any atom is -0.273 e. The molecular formula is C20H19ClN2O4. The Hall–Kier alpha value is -2.95. The SMILES string of the molecule is CC[C@H]1[C@H](c2ccccc2)CC(=O)N1NC(=O)c1ccc(Cl)cc1.O=C=O. The van der Waals surface area contributed by atoms with Crippen molar-refractivity contribution in [3.8, 4) is 0 Å². The Morgan fingerprint density at radius 3 is 2.30 bits per heavy atom. The van der Waals surface area contributed by atoms with E-state index in [4.69, 9.17) is 21.2 Å². The van der Waals surface area contributed by atoms with Gasteiger partial charge in [0.05, 0.1) is 6.04 Å². The molecule has 0 radical (unpaired) electrons. The highest BCUT2D eigenvalue weighted by molar-refractivity contribution is 6.30. The van der Waals surface area contributed by atoms with Crippen LogP contribution in [-0.2, 0) is 14.4 Å². The lowest BCUT2D eigenvalue weighted by Gasteiger charge is -2.27. The summed E-state index contributed by atoms with van der Waals surface area (Å²) in [4.78, 5) is 41.1. The number of halogens is 1. The van der Waals surface area contributed by atoms with Crippen LogP contribution >= 0.6 is 11.6 Å². The summed E-state index contributed by atoms with van der Waals surface area (Å²) in [5.41, 5.74) is 4.37. The predicted molar refractivity (Wildman–Crippen MR) is 98.7 cm³/mol. The Balaban J connectivity index is 0.000000817. The van der Waals surface area contributed by atoms with E-state index in [1.807, 2.05) is 37.3 Å². The second kappa shape index (κ2) is 9.67. The molecular weight excluding hydrogens is 368 g/mol. The molecule has 1 heterocycles. The Morgan fingerprint density at radius 2 is 1.74 bits per heavy atom. The van der Waals surface area contributed by atoms with E-state index in [9.17, 15) is 9.59 Å². The number of carbonyl (C=O) groups excluding carboxylic acids is 4. The highest BCUT2D eigenvalue weighted by Crippen LogP contribution is 2.35. The largest absolute Gasteiger partial charge is 0.373 e. The average Bonchev–Trinajstić information content (AvgIpc) is 2.99. The van der Waals surface area contributed by atoms with Gasteiger partial charge in [-0.05, 0) is 36.2 Å². The third-order valence-electron chi connectivity index (χ3n) is 4.43. The van der Waals surface area contributed by atoms with Gasteiger partial charge in [0.15, 0.2) is 0 Å². The summed E-state index contributed by atoms with van der Waals surface area (Å²) in [7, 11) is 0. The summed E-state index contributed by atoms with van der Waals surface area (Å²) in [6.07, 6.45) is 1.43. The van der Waals surface area contributed by atoms with Crippen LogP contribution in [0.5, 0.6) is 0 Å². The molecule has 2 atom stereocenters. The summed E-state index contributed by atoms with van der Waals surface area (Å²) in [6, 6.07) is 16.5. The molecule has 1 N–H and O–H groups in total. The number of rotatable bonds is 4. The van der Waals surface area contributed by atoms with Crippen LogP contribution in [0.2, 0.25) is 5.02 Å². The number of hydrogen-bond acceptors (Lipinski definition) is 4. The van der Waals surface area contributed by atoms with Crippen molar-refractivity contribution < 1.29 is 19.2 Å².